The molecule has 1 heterocycles. The molecule has 1 aromatic rings. The fraction of sp³-hybridized carbons (Fsp3) is 0.667. The van der Waals surface area contributed by atoms with Crippen LogP contribution >= 0.6 is 0 Å². The molecule has 0 saturated heterocycles. The molecule has 0 amide bonds. The molecule has 0 radical (unpaired) electrons. The minimum atomic E-state index is 0.451. The number of hydrogen-bond acceptors (Lipinski definition) is 2. The lowest BCUT2D eigenvalue weighted by atomic mass is 10.0. The van der Waals surface area contributed by atoms with Gasteiger partial charge in [0.05, 0.1) is 0 Å². The third kappa shape index (κ3) is 2.61. The van der Waals surface area contributed by atoms with Gasteiger partial charge in [-0.25, -0.2) is 0 Å². The summed E-state index contributed by atoms with van der Waals surface area (Å²) >= 11 is 0. The molecule has 80 valence electrons. The smallest absolute Gasteiger partial charge is 0.105 e. The standard InChI is InChI=1S/C12H21NO/c1-5-6-7-12(13-4)11-8-9(2)14-10(11)3/h8,12-13H,5-7H2,1-4H3. The third-order valence-corrected chi connectivity index (χ3v) is 2.65. The Balaban J connectivity index is 2.72. The molecule has 0 bridgehead atoms. The van der Waals surface area contributed by atoms with Crippen molar-refractivity contribution in [1.82, 2.24) is 5.32 Å². The largest absolute Gasteiger partial charge is 0.466 e. The van der Waals surface area contributed by atoms with Gasteiger partial charge in [-0.3, -0.25) is 0 Å². The fourth-order valence-corrected chi connectivity index (χ4v) is 1.86. The topological polar surface area (TPSA) is 25.2 Å². The lowest BCUT2D eigenvalue weighted by Crippen LogP contribution is -2.16. The van der Waals surface area contributed by atoms with E-state index in [1.54, 1.807) is 0 Å². The normalized spacial score (nSPS) is 13.1. The van der Waals surface area contributed by atoms with E-state index in [0.717, 1.165) is 11.5 Å². The summed E-state index contributed by atoms with van der Waals surface area (Å²) in [6.45, 7) is 6.27. The van der Waals surface area contributed by atoms with E-state index in [1.165, 1.54) is 24.8 Å². The first kappa shape index (κ1) is 11.3. The molecule has 0 fully saturated rings. The van der Waals surface area contributed by atoms with Gasteiger partial charge in [-0.05, 0) is 33.4 Å². The molecule has 0 aliphatic carbocycles. The average molecular weight is 195 g/mol. The number of hydrogen-bond donors (Lipinski definition) is 1. The minimum Gasteiger partial charge on any atom is -0.466 e. The molecule has 2 nitrogen and oxygen atoms in total. The van der Waals surface area contributed by atoms with Crippen molar-refractivity contribution in [3.8, 4) is 0 Å². The zero-order chi connectivity index (χ0) is 10.6. The van der Waals surface area contributed by atoms with Crippen LogP contribution in [-0.4, -0.2) is 7.05 Å². The Labute approximate surface area is 86.7 Å². The van der Waals surface area contributed by atoms with E-state index < -0.39 is 0 Å². The molecule has 0 aliphatic heterocycles. The summed E-state index contributed by atoms with van der Waals surface area (Å²) in [6.07, 6.45) is 3.69. The zero-order valence-electron chi connectivity index (χ0n) is 9.68. The summed E-state index contributed by atoms with van der Waals surface area (Å²) in [7, 11) is 2.02. The fourth-order valence-electron chi connectivity index (χ4n) is 1.86. The molecule has 14 heavy (non-hydrogen) atoms. The Morgan fingerprint density at radius 3 is 2.57 bits per heavy atom. The van der Waals surface area contributed by atoms with E-state index in [0.29, 0.717) is 6.04 Å². The first-order valence-corrected chi connectivity index (χ1v) is 5.43. The molecule has 1 unspecified atom stereocenters. The molecular formula is C12H21NO. The van der Waals surface area contributed by atoms with Crippen molar-refractivity contribution in [1.29, 1.82) is 0 Å². The highest BCUT2D eigenvalue weighted by molar-refractivity contribution is 5.23. The highest BCUT2D eigenvalue weighted by atomic mass is 16.3. The molecule has 1 N–H and O–H groups in total. The Bertz CT molecular complexity index is 278. The van der Waals surface area contributed by atoms with Crippen molar-refractivity contribution in [2.75, 3.05) is 7.05 Å². The zero-order valence-corrected chi connectivity index (χ0v) is 9.68. The minimum absolute atomic E-state index is 0.451. The predicted molar refractivity (Wildman–Crippen MR) is 59.5 cm³/mol. The van der Waals surface area contributed by atoms with Gasteiger partial charge >= 0.3 is 0 Å². The van der Waals surface area contributed by atoms with E-state index in [2.05, 4.69) is 18.3 Å². The van der Waals surface area contributed by atoms with Gasteiger partial charge in [0.2, 0.25) is 0 Å². The highest BCUT2D eigenvalue weighted by Gasteiger charge is 2.14. The molecule has 2 heteroatoms. The van der Waals surface area contributed by atoms with E-state index in [1.807, 2.05) is 20.9 Å². The second kappa shape index (κ2) is 5.20. The lowest BCUT2D eigenvalue weighted by Gasteiger charge is -2.14. The summed E-state index contributed by atoms with van der Waals surface area (Å²) in [5, 5.41) is 3.35. The van der Waals surface area contributed by atoms with Crippen molar-refractivity contribution in [3.63, 3.8) is 0 Å². The number of furan rings is 1. The molecule has 0 saturated carbocycles. The van der Waals surface area contributed by atoms with Crippen LogP contribution in [0.15, 0.2) is 10.5 Å². The molecular weight excluding hydrogens is 174 g/mol. The van der Waals surface area contributed by atoms with Crippen molar-refractivity contribution < 1.29 is 4.42 Å². The van der Waals surface area contributed by atoms with Gasteiger partial charge in [-0.15, -0.1) is 0 Å². The van der Waals surface area contributed by atoms with Crippen LogP contribution in [0.2, 0.25) is 0 Å². The molecule has 1 atom stereocenters. The number of nitrogens with one attached hydrogen (secondary N) is 1. The van der Waals surface area contributed by atoms with Gasteiger partial charge in [-0.2, -0.15) is 0 Å². The van der Waals surface area contributed by atoms with Gasteiger partial charge < -0.3 is 9.73 Å². The van der Waals surface area contributed by atoms with E-state index in [-0.39, 0.29) is 0 Å². The van der Waals surface area contributed by atoms with Gasteiger partial charge in [0.25, 0.3) is 0 Å². The van der Waals surface area contributed by atoms with Crippen molar-refractivity contribution in [2.24, 2.45) is 0 Å². The summed E-state index contributed by atoms with van der Waals surface area (Å²) in [5.41, 5.74) is 1.32. The Hall–Kier alpha value is -0.760. The second-order valence-corrected chi connectivity index (χ2v) is 3.85. The van der Waals surface area contributed by atoms with Crippen LogP contribution in [0.3, 0.4) is 0 Å². The van der Waals surface area contributed by atoms with Crippen LogP contribution in [0, 0.1) is 13.8 Å². The summed E-state index contributed by atoms with van der Waals surface area (Å²) in [4.78, 5) is 0. The monoisotopic (exact) mass is 195 g/mol. The average Bonchev–Trinajstić information content (AvgIpc) is 2.47. The number of rotatable bonds is 5. The van der Waals surface area contributed by atoms with Crippen LogP contribution in [0.5, 0.6) is 0 Å². The number of aryl methyl sites for hydroxylation is 2. The molecule has 0 spiro atoms. The molecule has 1 aromatic heterocycles. The SMILES string of the molecule is CCCCC(NC)c1cc(C)oc1C. The van der Waals surface area contributed by atoms with Gasteiger partial charge in [0, 0.05) is 11.6 Å². The Kier molecular flexibility index (Phi) is 4.21. The summed E-state index contributed by atoms with van der Waals surface area (Å²) in [5.74, 6) is 2.06. The highest BCUT2D eigenvalue weighted by Crippen LogP contribution is 2.25. The van der Waals surface area contributed by atoms with Crippen molar-refractivity contribution in [3.05, 3.63) is 23.2 Å². The predicted octanol–water partition coefficient (Wildman–Crippen LogP) is 3.35. The maximum absolute atomic E-state index is 5.54. The lowest BCUT2D eigenvalue weighted by molar-refractivity contribution is 0.478. The van der Waals surface area contributed by atoms with Crippen LogP contribution in [0.1, 0.15) is 49.3 Å². The Morgan fingerprint density at radius 1 is 1.43 bits per heavy atom. The first-order valence-electron chi connectivity index (χ1n) is 5.43. The number of unbranched alkanes of at least 4 members (excludes halogenated alkanes) is 1. The molecule has 0 aromatic carbocycles. The molecule has 1 rings (SSSR count). The molecule has 0 aliphatic rings. The van der Waals surface area contributed by atoms with E-state index in [9.17, 15) is 0 Å². The second-order valence-electron chi connectivity index (χ2n) is 3.85. The van der Waals surface area contributed by atoms with Crippen molar-refractivity contribution >= 4 is 0 Å². The summed E-state index contributed by atoms with van der Waals surface area (Å²) in [6, 6.07) is 2.60. The van der Waals surface area contributed by atoms with Crippen molar-refractivity contribution in [2.45, 2.75) is 46.1 Å². The van der Waals surface area contributed by atoms with Crippen LogP contribution in [-0.2, 0) is 0 Å². The van der Waals surface area contributed by atoms with Gasteiger partial charge in [-0.1, -0.05) is 19.8 Å². The summed E-state index contributed by atoms with van der Waals surface area (Å²) < 4.78 is 5.54. The first-order chi connectivity index (χ1) is 6.69. The third-order valence-electron chi connectivity index (χ3n) is 2.65. The maximum atomic E-state index is 5.54. The van der Waals surface area contributed by atoms with E-state index in [4.69, 9.17) is 4.42 Å². The quantitative estimate of drug-likeness (QED) is 0.779. The Morgan fingerprint density at radius 2 is 2.14 bits per heavy atom. The van der Waals surface area contributed by atoms with Gasteiger partial charge in [0.15, 0.2) is 0 Å². The van der Waals surface area contributed by atoms with Gasteiger partial charge in [0.1, 0.15) is 11.5 Å². The van der Waals surface area contributed by atoms with E-state index >= 15 is 0 Å². The maximum Gasteiger partial charge on any atom is 0.105 e. The van der Waals surface area contributed by atoms with Crippen LogP contribution in [0.25, 0.3) is 0 Å². The van der Waals surface area contributed by atoms with Crippen LogP contribution < -0.4 is 5.32 Å². The van der Waals surface area contributed by atoms with Crippen LogP contribution in [0.4, 0.5) is 0 Å².